The van der Waals surface area contributed by atoms with E-state index in [1.807, 2.05) is 36.4 Å². The molecule has 2 aliphatic heterocycles. The lowest BCUT2D eigenvalue weighted by molar-refractivity contribution is -0.159. The van der Waals surface area contributed by atoms with Crippen LogP contribution in [0, 0.1) is 0 Å². The lowest BCUT2D eigenvalue weighted by Gasteiger charge is -2.36. The number of hydrazone groups is 1. The molecule has 0 bridgehead atoms. The molecule has 2 aromatic carbocycles. The fourth-order valence-corrected chi connectivity index (χ4v) is 4.12. The van der Waals surface area contributed by atoms with Crippen LogP contribution in [0.15, 0.2) is 59.7 Å². The molecule has 2 aliphatic rings. The molecule has 1 amide bonds. The number of anilines is 1. The SMILES string of the molecule is O=C(O)C(=O)O.O=C1CCCC(c2ccccc2)=NN1CCN1CCN(c2cccc(Cl)c2)CC1. The number of nitrogens with zero attached hydrogens (tertiary/aromatic N) is 4. The third kappa shape index (κ3) is 8.08. The van der Waals surface area contributed by atoms with Gasteiger partial charge in [-0.05, 0) is 36.6 Å². The molecule has 0 aromatic heterocycles. The molecule has 0 aliphatic carbocycles. The van der Waals surface area contributed by atoms with Crippen molar-refractivity contribution in [3.05, 3.63) is 65.2 Å². The Labute approximate surface area is 209 Å². The van der Waals surface area contributed by atoms with Gasteiger partial charge in [0.25, 0.3) is 0 Å². The fraction of sp³-hybridized carbons (Fsp3) is 0.360. The van der Waals surface area contributed by atoms with Crippen LogP contribution in [0.4, 0.5) is 5.69 Å². The third-order valence-electron chi connectivity index (χ3n) is 5.80. The number of carbonyl (C=O) groups is 3. The molecule has 9 nitrogen and oxygen atoms in total. The van der Waals surface area contributed by atoms with E-state index in [0.717, 1.165) is 61.9 Å². The second-order valence-electron chi connectivity index (χ2n) is 8.20. The summed E-state index contributed by atoms with van der Waals surface area (Å²) in [6.07, 6.45) is 2.29. The lowest BCUT2D eigenvalue weighted by Crippen LogP contribution is -2.48. The van der Waals surface area contributed by atoms with E-state index in [2.05, 4.69) is 28.0 Å². The average molecular weight is 501 g/mol. The van der Waals surface area contributed by atoms with Gasteiger partial charge in [0, 0.05) is 49.9 Å². The summed E-state index contributed by atoms with van der Waals surface area (Å²) in [7, 11) is 0. The van der Waals surface area contributed by atoms with Crippen molar-refractivity contribution in [2.45, 2.75) is 19.3 Å². The Balaban J connectivity index is 0.000000509. The molecular formula is C25H29ClN4O5. The first-order valence-corrected chi connectivity index (χ1v) is 11.8. The van der Waals surface area contributed by atoms with E-state index >= 15 is 0 Å². The molecule has 0 radical (unpaired) electrons. The van der Waals surface area contributed by atoms with Gasteiger partial charge in [0.15, 0.2) is 0 Å². The molecule has 186 valence electrons. The normalized spacial score (nSPS) is 16.6. The Kier molecular flexibility index (Phi) is 9.63. The summed E-state index contributed by atoms with van der Waals surface area (Å²) >= 11 is 6.12. The summed E-state index contributed by atoms with van der Waals surface area (Å²) in [4.78, 5) is 35.5. The monoisotopic (exact) mass is 500 g/mol. The van der Waals surface area contributed by atoms with E-state index in [9.17, 15) is 4.79 Å². The number of halogens is 1. The summed E-state index contributed by atoms with van der Waals surface area (Å²) in [5, 5.41) is 22.0. The number of amides is 1. The second-order valence-corrected chi connectivity index (χ2v) is 8.64. The van der Waals surface area contributed by atoms with Gasteiger partial charge in [0.1, 0.15) is 0 Å². The van der Waals surface area contributed by atoms with Crippen LogP contribution in [0.5, 0.6) is 0 Å². The molecule has 0 saturated carbocycles. The van der Waals surface area contributed by atoms with Crippen molar-refractivity contribution in [2.75, 3.05) is 44.2 Å². The van der Waals surface area contributed by atoms with Gasteiger partial charge in [0.05, 0.1) is 12.3 Å². The Morgan fingerprint density at radius 2 is 1.57 bits per heavy atom. The van der Waals surface area contributed by atoms with E-state index in [1.165, 1.54) is 5.69 Å². The minimum absolute atomic E-state index is 0.133. The van der Waals surface area contributed by atoms with Crippen LogP contribution >= 0.6 is 11.6 Å². The van der Waals surface area contributed by atoms with E-state index in [0.29, 0.717) is 13.0 Å². The predicted octanol–water partition coefficient (Wildman–Crippen LogP) is 3.03. The zero-order chi connectivity index (χ0) is 25.2. The molecule has 2 aromatic rings. The highest BCUT2D eigenvalue weighted by atomic mass is 35.5. The van der Waals surface area contributed by atoms with Crippen molar-refractivity contribution >= 4 is 40.8 Å². The Morgan fingerprint density at radius 1 is 0.886 bits per heavy atom. The molecule has 10 heteroatoms. The van der Waals surface area contributed by atoms with Gasteiger partial charge in [-0.2, -0.15) is 5.10 Å². The largest absolute Gasteiger partial charge is 0.473 e. The number of hydrogen-bond donors (Lipinski definition) is 2. The van der Waals surface area contributed by atoms with Crippen molar-refractivity contribution in [3.8, 4) is 0 Å². The van der Waals surface area contributed by atoms with Gasteiger partial charge in [-0.15, -0.1) is 0 Å². The van der Waals surface area contributed by atoms with Gasteiger partial charge in [-0.1, -0.05) is 48.0 Å². The predicted molar refractivity (Wildman–Crippen MR) is 134 cm³/mol. The number of hydrogen-bond acceptors (Lipinski definition) is 6. The van der Waals surface area contributed by atoms with Crippen LogP contribution in [0.2, 0.25) is 5.02 Å². The third-order valence-corrected chi connectivity index (χ3v) is 6.03. The van der Waals surface area contributed by atoms with Crippen molar-refractivity contribution < 1.29 is 24.6 Å². The zero-order valence-electron chi connectivity index (χ0n) is 19.3. The first-order chi connectivity index (χ1) is 16.8. The highest BCUT2D eigenvalue weighted by Crippen LogP contribution is 2.21. The standard InChI is InChI=1S/C23H27ClN4O.C2H2O4/c24-20-8-4-9-21(18-20)27-15-12-26(13-16-27)14-17-28-23(29)11-5-10-22(25-28)19-6-2-1-3-7-19;3-1(4)2(5)6/h1-4,6-9,18H,5,10-17H2;(H,3,4)(H,5,6). The molecule has 1 saturated heterocycles. The minimum atomic E-state index is -1.82. The number of piperazine rings is 1. The first kappa shape index (κ1) is 26.2. The molecule has 35 heavy (non-hydrogen) atoms. The molecule has 2 heterocycles. The van der Waals surface area contributed by atoms with Crippen molar-refractivity contribution in [1.29, 1.82) is 0 Å². The van der Waals surface area contributed by atoms with Gasteiger partial charge in [0.2, 0.25) is 5.91 Å². The highest BCUT2D eigenvalue weighted by molar-refractivity contribution is 6.30. The summed E-state index contributed by atoms with van der Waals surface area (Å²) in [6.45, 7) is 5.38. The van der Waals surface area contributed by atoms with Gasteiger partial charge < -0.3 is 15.1 Å². The topological polar surface area (TPSA) is 114 Å². The van der Waals surface area contributed by atoms with Crippen molar-refractivity contribution in [3.63, 3.8) is 0 Å². The van der Waals surface area contributed by atoms with Crippen LogP contribution < -0.4 is 4.90 Å². The zero-order valence-corrected chi connectivity index (χ0v) is 20.1. The number of carboxylic acid groups (broad SMARTS) is 2. The van der Waals surface area contributed by atoms with Crippen LogP contribution in [0.1, 0.15) is 24.8 Å². The molecule has 2 N–H and O–H groups in total. The molecule has 1 fully saturated rings. The molecular weight excluding hydrogens is 472 g/mol. The highest BCUT2D eigenvalue weighted by Gasteiger charge is 2.22. The summed E-state index contributed by atoms with van der Waals surface area (Å²) in [6, 6.07) is 18.2. The number of carboxylic acids is 2. The van der Waals surface area contributed by atoms with Gasteiger partial charge >= 0.3 is 11.9 Å². The quantitative estimate of drug-likeness (QED) is 0.606. The maximum atomic E-state index is 12.5. The molecule has 4 rings (SSSR count). The number of rotatable bonds is 5. The Bertz CT molecular complexity index is 1040. The van der Waals surface area contributed by atoms with Gasteiger partial charge in [-0.3, -0.25) is 9.69 Å². The average Bonchev–Trinajstić information content (AvgIpc) is 3.05. The molecule has 0 unspecified atom stereocenters. The number of benzene rings is 2. The van der Waals surface area contributed by atoms with E-state index < -0.39 is 11.9 Å². The van der Waals surface area contributed by atoms with Crippen LogP contribution in [0.25, 0.3) is 0 Å². The maximum absolute atomic E-state index is 12.5. The van der Waals surface area contributed by atoms with Crippen LogP contribution in [0.3, 0.4) is 0 Å². The van der Waals surface area contributed by atoms with Crippen molar-refractivity contribution in [2.24, 2.45) is 5.10 Å². The van der Waals surface area contributed by atoms with Crippen LogP contribution in [-0.2, 0) is 14.4 Å². The fourth-order valence-electron chi connectivity index (χ4n) is 3.93. The number of carbonyl (C=O) groups excluding carboxylic acids is 1. The van der Waals surface area contributed by atoms with Crippen molar-refractivity contribution in [1.82, 2.24) is 9.91 Å². The molecule has 0 spiro atoms. The van der Waals surface area contributed by atoms with E-state index in [-0.39, 0.29) is 5.91 Å². The summed E-state index contributed by atoms with van der Waals surface area (Å²) in [5.41, 5.74) is 3.31. The minimum Gasteiger partial charge on any atom is -0.473 e. The second kappa shape index (κ2) is 12.9. The first-order valence-electron chi connectivity index (χ1n) is 11.5. The van der Waals surface area contributed by atoms with Gasteiger partial charge in [-0.25, -0.2) is 14.6 Å². The maximum Gasteiger partial charge on any atom is 0.414 e. The van der Waals surface area contributed by atoms with E-state index in [1.54, 1.807) is 5.01 Å². The molecule has 0 atom stereocenters. The Morgan fingerprint density at radius 3 is 2.20 bits per heavy atom. The smallest absolute Gasteiger partial charge is 0.414 e. The summed E-state index contributed by atoms with van der Waals surface area (Å²) < 4.78 is 0. The lowest BCUT2D eigenvalue weighted by atomic mass is 10.1. The Hall–Kier alpha value is -3.43. The van der Waals surface area contributed by atoms with E-state index in [4.69, 9.17) is 36.5 Å². The summed E-state index contributed by atoms with van der Waals surface area (Å²) in [5.74, 6) is -3.52. The van der Waals surface area contributed by atoms with Crippen LogP contribution in [-0.4, -0.2) is 82.9 Å². The number of aliphatic carboxylic acids is 2.